The van der Waals surface area contributed by atoms with Gasteiger partial charge < -0.3 is 9.84 Å². The van der Waals surface area contributed by atoms with Crippen molar-refractivity contribution in [2.24, 2.45) is 5.92 Å². The summed E-state index contributed by atoms with van der Waals surface area (Å²) >= 11 is 0. The number of aliphatic carboxylic acids is 1. The molecule has 1 aromatic rings. The molecule has 6 nitrogen and oxygen atoms in total. The first kappa shape index (κ1) is 17.0. The molecule has 0 unspecified atom stereocenters. The van der Waals surface area contributed by atoms with Crippen LogP contribution in [0.3, 0.4) is 0 Å². The number of methoxy groups -OCH3 is 1. The number of carbonyl (C=O) groups is 1. The van der Waals surface area contributed by atoms with Gasteiger partial charge in [-0.05, 0) is 29.7 Å². The van der Waals surface area contributed by atoms with Crippen LogP contribution >= 0.6 is 0 Å². The van der Waals surface area contributed by atoms with Gasteiger partial charge in [-0.15, -0.1) is 0 Å². The number of rotatable bonds is 7. The predicted molar refractivity (Wildman–Crippen MR) is 81.9 cm³/mol. The fraction of sp³-hybridized carbons (Fsp3) is 0.357. The normalized spacial score (nSPS) is 11.8. The number of ether oxygens (including phenoxy) is 1. The highest BCUT2D eigenvalue weighted by Gasteiger charge is 2.15. The molecule has 0 aliphatic carbocycles. The molecule has 0 aromatic heterocycles. The van der Waals surface area contributed by atoms with Gasteiger partial charge in [0.25, 0.3) is 0 Å². The fourth-order valence-corrected chi connectivity index (χ4v) is 3.18. The molecule has 0 radical (unpaired) electrons. The molecule has 0 saturated heterocycles. The van der Waals surface area contributed by atoms with E-state index in [1.807, 2.05) is 13.8 Å². The van der Waals surface area contributed by atoms with Crippen molar-refractivity contribution in [1.29, 1.82) is 0 Å². The summed E-state index contributed by atoms with van der Waals surface area (Å²) in [6.45, 7) is 3.62. The number of benzene rings is 1. The lowest BCUT2D eigenvalue weighted by Gasteiger charge is -2.13. The maximum atomic E-state index is 12.0. The van der Waals surface area contributed by atoms with Gasteiger partial charge in [0.15, 0.2) is 0 Å². The standard InChI is InChI=1S/C14H19NO5S/c1-10(2)9-21(18,19)15-12-8-11(5-7-14(16)17)4-6-13(12)20-3/h4-8,10,15H,9H2,1-3H3,(H,16,17). The Morgan fingerprint density at radius 2 is 2.10 bits per heavy atom. The molecule has 0 amide bonds. The van der Waals surface area contributed by atoms with Gasteiger partial charge >= 0.3 is 5.97 Å². The van der Waals surface area contributed by atoms with Crippen molar-refractivity contribution in [3.8, 4) is 5.75 Å². The summed E-state index contributed by atoms with van der Waals surface area (Å²) in [4.78, 5) is 10.5. The van der Waals surface area contributed by atoms with E-state index in [0.29, 0.717) is 11.3 Å². The van der Waals surface area contributed by atoms with Crippen LogP contribution in [0.15, 0.2) is 24.3 Å². The summed E-state index contributed by atoms with van der Waals surface area (Å²) in [5.41, 5.74) is 0.839. The summed E-state index contributed by atoms with van der Waals surface area (Å²) in [5, 5.41) is 8.61. The highest BCUT2D eigenvalue weighted by atomic mass is 32.2. The summed E-state index contributed by atoms with van der Waals surface area (Å²) in [5.74, 6) is -0.725. The molecule has 0 spiro atoms. The third-order valence-electron chi connectivity index (χ3n) is 2.46. The highest BCUT2D eigenvalue weighted by Crippen LogP contribution is 2.27. The van der Waals surface area contributed by atoms with E-state index in [0.717, 1.165) is 6.08 Å². The van der Waals surface area contributed by atoms with Gasteiger partial charge in [-0.25, -0.2) is 13.2 Å². The highest BCUT2D eigenvalue weighted by molar-refractivity contribution is 7.92. The zero-order valence-electron chi connectivity index (χ0n) is 12.2. The first-order valence-corrected chi connectivity index (χ1v) is 7.98. The molecule has 0 aliphatic heterocycles. The van der Waals surface area contributed by atoms with Gasteiger partial charge in [-0.2, -0.15) is 0 Å². The summed E-state index contributed by atoms with van der Waals surface area (Å²) < 4.78 is 31.5. The maximum Gasteiger partial charge on any atom is 0.328 e. The summed E-state index contributed by atoms with van der Waals surface area (Å²) in [6.07, 6.45) is 2.36. The van der Waals surface area contributed by atoms with Crippen LogP contribution in [0.2, 0.25) is 0 Å². The Morgan fingerprint density at radius 3 is 2.62 bits per heavy atom. The topological polar surface area (TPSA) is 92.7 Å². The average Bonchev–Trinajstić information content (AvgIpc) is 2.34. The van der Waals surface area contributed by atoms with Crippen LogP contribution in [-0.2, 0) is 14.8 Å². The molecule has 0 aliphatic rings. The van der Waals surface area contributed by atoms with E-state index in [1.165, 1.54) is 19.3 Å². The molecular weight excluding hydrogens is 294 g/mol. The number of carboxylic acid groups (broad SMARTS) is 1. The fourth-order valence-electron chi connectivity index (χ4n) is 1.72. The Morgan fingerprint density at radius 1 is 1.43 bits per heavy atom. The molecule has 0 heterocycles. The third-order valence-corrected chi connectivity index (χ3v) is 4.10. The Labute approximate surface area is 124 Å². The van der Waals surface area contributed by atoms with Crippen LogP contribution in [0.25, 0.3) is 6.08 Å². The molecule has 1 aromatic carbocycles. The van der Waals surface area contributed by atoms with Gasteiger partial charge in [0.1, 0.15) is 5.75 Å². The second-order valence-electron chi connectivity index (χ2n) is 4.91. The summed E-state index contributed by atoms with van der Waals surface area (Å²) in [6, 6.07) is 4.74. The Balaban J connectivity index is 3.09. The molecule has 0 bridgehead atoms. The van der Waals surface area contributed by atoms with Crippen LogP contribution < -0.4 is 9.46 Å². The van der Waals surface area contributed by atoms with E-state index in [2.05, 4.69) is 4.72 Å². The maximum absolute atomic E-state index is 12.0. The molecule has 7 heteroatoms. The van der Waals surface area contributed by atoms with Gasteiger partial charge in [0, 0.05) is 6.08 Å². The predicted octanol–water partition coefficient (Wildman–Crippen LogP) is 2.19. The number of sulfonamides is 1. The lowest BCUT2D eigenvalue weighted by molar-refractivity contribution is -0.131. The second-order valence-corrected chi connectivity index (χ2v) is 6.68. The first-order chi connectivity index (χ1) is 9.73. The number of carboxylic acids is 1. The van der Waals surface area contributed by atoms with Gasteiger partial charge in [-0.1, -0.05) is 19.9 Å². The van der Waals surface area contributed by atoms with Crippen LogP contribution in [0, 0.1) is 5.92 Å². The lowest BCUT2D eigenvalue weighted by Crippen LogP contribution is -2.20. The molecule has 0 fully saturated rings. The van der Waals surface area contributed by atoms with Crippen molar-refractivity contribution in [3.05, 3.63) is 29.8 Å². The van der Waals surface area contributed by atoms with Crippen molar-refractivity contribution in [2.75, 3.05) is 17.6 Å². The molecule has 0 atom stereocenters. The summed E-state index contributed by atoms with van der Waals surface area (Å²) in [7, 11) is -2.05. The van der Waals surface area contributed by atoms with E-state index >= 15 is 0 Å². The minimum Gasteiger partial charge on any atom is -0.495 e. The molecular formula is C14H19NO5S. The Bertz CT molecular complexity index is 635. The molecule has 1 rings (SSSR count). The Hall–Kier alpha value is -2.02. The van der Waals surface area contributed by atoms with E-state index in [9.17, 15) is 13.2 Å². The molecule has 21 heavy (non-hydrogen) atoms. The van der Waals surface area contributed by atoms with E-state index in [-0.39, 0.29) is 17.4 Å². The zero-order chi connectivity index (χ0) is 16.0. The number of hydrogen-bond acceptors (Lipinski definition) is 4. The smallest absolute Gasteiger partial charge is 0.328 e. The van der Waals surface area contributed by atoms with Gasteiger partial charge in [0.2, 0.25) is 10.0 Å². The van der Waals surface area contributed by atoms with E-state index < -0.39 is 16.0 Å². The second kappa shape index (κ2) is 7.12. The van der Waals surface area contributed by atoms with Crippen LogP contribution in [0.1, 0.15) is 19.4 Å². The van der Waals surface area contributed by atoms with Crippen molar-refractivity contribution in [2.45, 2.75) is 13.8 Å². The van der Waals surface area contributed by atoms with Crippen LogP contribution in [-0.4, -0.2) is 32.4 Å². The van der Waals surface area contributed by atoms with Crippen LogP contribution in [0.5, 0.6) is 5.75 Å². The largest absolute Gasteiger partial charge is 0.495 e. The quantitative estimate of drug-likeness (QED) is 0.753. The number of anilines is 1. The van der Waals surface area contributed by atoms with E-state index in [4.69, 9.17) is 9.84 Å². The minimum atomic E-state index is -3.48. The SMILES string of the molecule is COc1ccc(C=CC(=O)O)cc1NS(=O)(=O)CC(C)C. The zero-order valence-corrected chi connectivity index (χ0v) is 13.0. The van der Waals surface area contributed by atoms with Crippen LogP contribution in [0.4, 0.5) is 5.69 Å². The monoisotopic (exact) mass is 313 g/mol. The number of hydrogen-bond donors (Lipinski definition) is 2. The molecule has 2 N–H and O–H groups in total. The van der Waals surface area contributed by atoms with Crippen molar-refractivity contribution in [3.63, 3.8) is 0 Å². The Kier molecular flexibility index (Phi) is 5.78. The van der Waals surface area contributed by atoms with Crippen molar-refractivity contribution < 1.29 is 23.1 Å². The minimum absolute atomic E-state index is 0.00858. The third kappa shape index (κ3) is 5.86. The van der Waals surface area contributed by atoms with Crippen molar-refractivity contribution in [1.82, 2.24) is 0 Å². The lowest BCUT2D eigenvalue weighted by atomic mass is 10.2. The molecule has 0 saturated carbocycles. The van der Waals surface area contributed by atoms with Crippen molar-refractivity contribution >= 4 is 27.8 Å². The first-order valence-electron chi connectivity index (χ1n) is 6.33. The van der Waals surface area contributed by atoms with Gasteiger partial charge in [0.05, 0.1) is 18.6 Å². The number of nitrogens with one attached hydrogen (secondary N) is 1. The average molecular weight is 313 g/mol. The van der Waals surface area contributed by atoms with Gasteiger partial charge in [-0.3, -0.25) is 4.72 Å². The molecule has 116 valence electrons. The van der Waals surface area contributed by atoms with E-state index in [1.54, 1.807) is 12.1 Å².